The van der Waals surface area contributed by atoms with Crippen molar-refractivity contribution >= 4 is 11.9 Å². The van der Waals surface area contributed by atoms with Gasteiger partial charge in [-0.25, -0.2) is 9.59 Å². The Hall–Kier alpha value is -3.86. The van der Waals surface area contributed by atoms with Crippen LogP contribution in [0.4, 0.5) is 0 Å². The molecule has 0 bridgehead atoms. The number of hydrogen-bond donors (Lipinski definition) is 0. The topological polar surface area (TPSA) is 61.8 Å². The van der Waals surface area contributed by atoms with Gasteiger partial charge in [0.25, 0.3) is 0 Å². The van der Waals surface area contributed by atoms with E-state index in [1.165, 1.54) is 24.8 Å². The number of rotatable bonds is 11. The highest BCUT2D eigenvalue weighted by Gasteiger charge is 2.09. The highest BCUT2D eigenvalue weighted by atomic mass is 16.7. The average molecular weight is 445 g/mol. The second-order valence-corrected chi connectivity index (χ2v) is 7.52. The van der Waals surface area contributed by atoms with E-state index in [1.807, 2.05) is 12.1 Å². The first-order chi connectivity index (χ1) is 16.1. The van der Waals surface area contributed by atoms with Gasteiger partial charge in [0.05, 0.1) is 5.56 Å². The highest BCUT2D eigenvalue weighted by molar-refractivity contribution is 5.91. The first kappa shape index (κ1) is 23.8. The van der Waals surface area contributed by atoms with E-state index in [-0.39, 0.29) is 6.79 Å². The average Bonchev–Trinajstić information content (AvgIpc) is 2.85. The second kappa shape index (κ2) is 12.2. The van der Waals surface area contributed by atoms with Crippen LogP contribution in [-0.4, -0.2) is 18.7 Å². The third kappa shape index (κ3) is 7.35. The fraction of sp³-hybridized carbons (Fsp3) is 0.214. The molecule has 0 aromatic heterocycles. The summed E-state index contributed by atoms with van der Waals surface area (Å²) >= 11 is 0. The lowest BCUT2D eigenvalue weighted by Gasteiger charge is -2.08. The number of hydrogen-bond acceptors (Lipinski definition) is 5. The van der Waals surface area contributed by atoms with Gasteiger partial charge in [-0.1, -0.05) is 62.7 Å². The van der Waals surface area contributed by atoms with E-state index < -0.39 is 11.9 Å². The van der Waals surface area contributed by atoms with E-state index in [0.29, 0.717) is 17.1 Å². The van der Waals surface area contributed by atoms with E-state index in [4.69, 9.17) is 14.2 Å². The smallest absolute Gasteiger partial charge is 0.343 e. The zero-order valence-corrected chi connectivity index (χ0v) is 18.8. The van der Waals surface area contributed by atoms with Gasteiger partial charge in [0.1, 0.15) is 11.5 Å². The minimum Gasteiger partial charge on any atom is -0.457 e. The summed E-state index contributed by atoms with van der Waals surface area (Å²) in [5, 5.41) is 0. The van der Waals surface area contributed by atoms with Crippen molar-refractivity contribution < 1.29 is 23.8 Å². The maximum Gasteiger partial charge on any atom is 0.343 e. The van der Waals surface area contributed by atoms with Gasteiger partial charge in [0, 0.05) is 6.08 Å². The fourth-order valence-electron chi connectivity index (χ4n) is 3.23. The van der Waals surface area contributed by atoms with Crippen molar-refractivity contribution in [2.24, 2.45) is 0 Å². The second-order valence-electron chi connectivity index (χ2n) is 7.52. The van der Waals surface area contributed by atoms with Crippen molar-refractivity contribution in [3.8, 4) is 22.6 Å². The predicted octanol–water partition coefficient (Wildman–Crippen LogP) is 6.37. The first-order valence-corrected chi connectivity index (χ1v) is 11.0. The zero-order valence-electron chi connectivity index (χ0n) is 18.8. The highest BCUT2D eigenvalue weighted by Crippen LogP contribution is 2.24. The van der Waals surface area contributed by atoms with Crippen LogP contribution in [0.5, 0.6) is 11.5 Å². The van der Waals surface area contributed by atoms with Crippen LogP contribution in [0.3, 0.4) is 0 Å². The summed E-state index contributed by atoms with van der Waals surface area (Å²) in [6.45, 7) is 5.28. The van der Waals surface area contributed by atoms with Gasteiger partial charge >= 0.3 is 11.9 Å². The first-order valence-electron chi connectivity index (χ1n) is 11.0. The van der Waals surface area contributed by atoms with Crippen LogP contribution < -0.4 is 9.47 Å². The Balaban J connectivity index is 1.53. The molecule has 5 nitrogen and oxygen atoms in total. The zero-order chi connectivity index (χ0) is 23.5. The molecule has 170 valence electrons. The molecule has 0 fully saturated rings. The van der Waals surface area contributed by atoms with Gasteiger partial charge in [-0.05, 0) is 65.9 Å². The van der Waals surface area contributed by atoms with Gasteiger partial charge in [0.15, 0.2) is 0 Å². The molecule has 0 aliphatic carbocycles. The van der Waals surface area contributed by atoms with Crippen molar-refractivity contribution in [1.29, 1.82) is 0 Å². The van der Waals surface area contributed by atoms with Crippen molar-refractivity contribution in [3.05, 3.63) is 96.6 Å². The molecule has 0 unspecified atom stereocenters. The van der Waals surface area contributed by atoms with E-state index >= 15 is 0 Å². The molecule has 0 heterocycles. The third-order valence-corrected chi connectivity index (χ3v) is 5.10. The predicted molar refractivity (Wildman–Crippen MR) is 128 cm³/mol. The molecule has 0 N–H and O–H groups in total. The van der Waals surface area contributed by atoms with Gasteiger partial charge in [0.2, 0.25) is 6.79 Å². The maximum atomic E-state index is 12.4. The van der Waals surface area contributed by atoms with E-state index in [9.17, 15) is 9.59 Å². The fourth-order valence-corrected chi connectivity index (χ4v) is 3.23. The minimum atomic E-state index is -0.569. The largest absolute Gasteiger partial charge is 0.457 e. The Kier molecular flexibility index (Phi) is 8.83. The van der Waals surface area contributed by atoms with Crippen molar-refractivity contribution in [2.45, 2.75) is 32.6 Å². The molecule has 3 aromatic rings. The van der Waals surface area contributed by atoms with Crippen molar-refractivity contribution in [2.75, 3.05) is 6.79 Å². The molecule has 0 amide bonds. The monoisotopic (exact) mass is 444 g/mol. The van der Waals surface area contributed by atoms with Crippen LogP contribution in [-0.2, 0) is 16.0 Å². The molecule has 0 aliphatic heterocycles. The summed E-state index contributed by atoms with van der Waals surface area (Å²) in [6.07, 6.45) is 5.87. The lowest BCUT2D eigenvalue weighted by Crippen LogP contribution is -2.09. The summed E-state index contributed by atoms with van der Waals surface area (Å²) < 4.78 is 15.5. The Morgan fingerprint density at radius 1 is 0.818 bits per heavy atom. The molecule has 0 spiro atoms. The number of esters is 2. The number of ether oxygens (including phenoxy) is 3. The molecule has 0 aliphatic rings. The van der Waals surface area contributed by atoms with Crippen LogP contribution in [0.2, 0.25) is 0 Å². The normalized spacial score (nSPS) is 10.3. The molecular formula is C28H28O5. The van der Waals surface area contributed by atoms with Crippen LogP contribution in [0.15, 0.2) is 85.5 Å². The minimum absolute atomic E-state index is 0.234. The van der Waals surface area contributed by atoms with E-state index in [1.54, 1.807) is 36.4 Å². The number of aryl methyl sites for hydroxylation is 1. The summed E-state index contributed by atoms with van der Waals surface area (Å²) in [5.41, 5.74) is 3.93. The molecular weight excluding hydrogens is 416 g/mol. The van der Waals surface area contributed by atoms with E-state index in [0.717, 1.165) is 23.6 Å². The quantitative estimate of drug-likeness (QED) is 0.113. The number of carbonyl (C=O) groups excluding carboxylic acids is 2. The van der Waals surface area contributed by atoms with Gasteiger partial charge in [-0.3, -0.25) is 0 Å². The Bertz CT molecular complexity index is 1050. The molecule has 33 heavy (non-hydrogen) atoms. The molecule has 0 atom stereocenters. The van der Waals surface area contributed by atoms with Gasteiger partial charge in [-0.15, -0.1) is 0 Å². The maximum absolute atomic E-state index is 12.4. The number of benzene rings is 3. The number of carbonyl (C=O) groups is 2. The summed E-state index contributed by atoms with van der Waals surface area (Å²) in [5.74, 6) is -0.106. The van der Waals surface area contributed by atoms with Crippen molar-refractivity contribution in [3.63, 3.8) is 0 Å². The van der Waals surface area contributed by atoms with Crippen LogP contribution in [0.25, 0.3) is 11.1 Å². The Morgan fingerprint density at radius 3 is 2.03 bits per heavy atom. The van der Waals surface area contributed by atoms with E-state index in [2.05, 4.69) is 37.8 Å². The summed E-state index contributed by atoms with van der Waals surface area (Å²) in [7, 11) is 0. The van der Waals surface area contributed by atoms with Gasteiger partial charge in [-0.2, -0.15) is 0 Å². The van der Waals surface area contributed by atoms with Crippen LogP contribution >= 0.6 is 0 Å². The number of unbranched alkanes of at least 4 members (excludes halogenated alkanes) is 2. The molecule has 0 saturated heterocycles. The van der Waals surface area contributed by atoms with Gasteiger partial charge < -0.3 is 14.2 Å². The Morgan fingerprint density at radius 2 is 1.42 bits per heavy atom. The molecule has 3 rings (SSSR count). The summed E-state index contributed by atoms with van der Waals surface area (Å²) in [4.78, 5) is 23.4. The third-order valence-electron chi connectivity index (χ3n) is 5.10. The molecule has 0 radical (unpaired) electrons. The standard InChI is InChI=1S/C28H28O5/c1-3-5-6-7-21-8-10-22(11-9-21)23-12-18-26(19-13-23)33-28(30)24-14-16-25(17-15-24)31-20-32-27(29)4-2/h4,8-19H,2-3,5-7,20H2,1H3. The SMILES string of the molecule is C=CC(=O)OCOc1ccc(C(=O)Oc2ccc(-c3ccc(CCCCC)cc3)cc2)cc1. The molecule has 3 aromatic carbocycles. The Labute approximate surface area is 194 Å². The molecule has 0 saturated carbocycles. The lowest BCUT2D eigenvalue weighted by molar-refractivity contribution is -0.144. The van der Waals surface area contributed by atoms with Crippen LogP contribution in [0.1, 0.15) is 42.1 Å². The molecule has 5 heteroatoms. The van der Waals surface area contributed by atoms with Crippen molar-refractivity contribution in [1.82, 2.24) is 0 Å². The lowest BCUT2D eigenvalue weighted by atomic mass is 10.0. The summed E-state index contributed by atoms with van der Waals surface area (Å²) in [6, 6.07) is 22.4. The van der Waals surface area contributed by atoms with Crippen LogP contribution in [0, 0.1) is 0 Å².